The molecule has 2 aromatic carbocycles. The molecule has 1 amide bonds. The van der Waals surface area contributed by atoms with Gasteiger partial charge >= 0.3 is 0 Å². The number of nitrogens with zero attached hydrogens (tertiary/aromatic N) is 2. The number of hydrogen-bond acceptors (Lipinski definition) is 4. The summed E-state index contributed by atoms with van der Waals surface area (Å²) in [5, 5.41) is 0.625. The summed E-state index contributed by atoms with van der Waals surface area (Å²) in [6, 6.07) is 13.9. The van der Waals surface area contributed by atoms with Gasteiger partial charge in [-0.3, -0.25) is 9.69 Å². The highest BCUT2D eigenvalue weighted by Crippen LogP contribution is 2.58. The van der Waals surface area contributed by atoms with Crippen molar-refractivity contribution < 1.29 is 14.3 Å². The van der Waals surface area contributed by atoms with Crippen molar-refractivity contribution >= 4 is 23.2 Å². The molecule has 3 atom stereocenters. The van der Waals surface area contributed by atoms with Crippen LogP contribution in [0.4, 0.5) is 5.69 Å². The standard InChI is InChI=1S/C23H25ClN2O3/c1-28-20-13-16(24)12-18(21(20)29-2)19-11-15-14-25(17-7-4-3-5-8-17)22(27)23(15)9-6-10-26(19)23/h3-5,7-8,12-13,15,19H,6,9-11,14H2,1-2H3/t15-,19-,23-/m0/s1. The van der Waals surface area contributed by atoms with Crippen molar-refractivity contribution in [1.29, 1.82) is 0 Å². The van der Waals surface area contributed by atoms with Crippen LogP contribution in [-0.2, 0) is 4.79 Å². The first-order valence-corrected chi connectivity index (χ1v) is 10.5. The van der Waals surface area contributed by atoms with Crippen molar-refractivity contribution in [1.82, 2.24) is 4.90 Å². The number of ether oxygens (including phenoxy) is 2. The molecule has 0 radical (unpaired) electrons. The van der Waals surface area contributed by atoms with E-state index in [1.165, 1.54) is 0 Å². The smallest absolute Gasteiger partial charge is 0.247 e. The van der Waals surface area contributed by atoms with Crippen molar-refractivity contribution in [2.24, 2.45) is 5.92 Å². The molecule has 0 unspecified atom stereocenters. The van der Waals surface area contributed by atoms with Gasteiger partial charge in [0.1, 0.15) is 5.54 Å². The molecule has 3 fully saturated rings. The summed E-state index contributed by atoms with van der Waals surface area (Å²) in [7, 11) is 3.28. The largest absolute Gasteiger partial charge is 0.493 e. The van der Waals surface area contributed by atoms with Crippen LogP contribution in [-0.4, -0.2) is 43.7 Å². The maximum atomic E-state index is 13.7. The number of hydrogen-bond donors (Lipinski definition) is 0. The number of amides is 1. The molecule has 5 rings (SSSR count). The summed E-state index contributed by atoms with van der Waals surface area (Å²) < 4.78 is 11.2. The van der Waals surface area contributed by atoms with Crippen LogP contribution in [0.2, 0.25) is 5.02 Å². The third kappa shape index (κ3) is 2.60. The van der Waals surface area contributed by atoms with Crippen LogP contribution in [0.15, 0.2) is 42.5 Å². The van der Waals surface area contributed by atoms with Crippen LogP contribution in [0, 0.1) is 5.92 Å². The maximum Gasteiger partial charge on any atom is 0.247 e. The first-order chi connectivity index (χ1) is 14.1. The molecule has 152 valence electrons. The molecule has 3 aliphatic rings. The molecule has 3 saturated heterocycles. The van der Waals surface area contributed by atoms with Crippen molar-refractivity contribution in [2.45, 2.75) is 30.8 Å². The zero-order valence-electron chi connectivity index (χ0n) is 16.7. The number of halogens is 1. The number of anilines is 1. The van der Waals surface area contributed by atoms with Crippen LogP contribution in [0.3, 0.4) is 0 Å². The van der Waals surface area contributed by atoms with E-state index in [1.54, 1.807) is 20.3 Å². The van der Waals surface area contributed by atoms with E-state index in [1.807, 2.05) is 41.3 Å². The van der Waals surface area contributed by atoms with Gasteiger partial charge in [-0.05, 0) is 44.0 Å². The number of rotatable bonds is 4. The summed E-state index contributed by atoms with van der Waals surface area (Å²) in [6.45, 7) is 1.67. The quantitative estimate of drug-likeness (QED) is 0.750. The van der Waals surface area contributed by atoms with E-state index in [0.29, 0.717) is 10.8 Å². The van der Waals surface area contributed by atoms with Gasteiger partial charge in [-0.1, -0.05) is 29.8 Å². The van der Waals surface area contributed by atoms with E-state index in [9.17, 15) is 4.79 Å². The molecule has 1 spiro atoms. The van der Waals surface area contributed by atoms with E-state index in [4.69, 9.17) is 21.1 Å². The fraction of sp³-hybridized carbons (Fsp3) is 0.435. The highest BCUT2D eigenvalue weighted by atomic mass is 35.5. The average molecular weight is 413 g/mol. The third-order valence-corrected chi connectivity index (χ3v) is 7.16. The molecular weight excluding hydrogens is 388 g/mol. The highest BCUT2D eigenvalue weighted by molar-refractivity contribution is 6.30. The maximum absolute atomic E-state index is 13.7. The summed E-state index contributed by atoms with van der Waals surface area (Å²) in [4.78, 5) is 18.1. The first kappa shape index (κ1) is 18.8. The molecule has 29 heavy (non-hydrogen) atoms. The Morgan fingerprint density at radius 2 is 1.93 bits per heavy atom. The molecule has 6 heteroatoms. The number of benzene rings is 2. The summed E-state index contributed by atoms with van der Waals surface area (Å²) in [6.07, 6.45) is 2.85. The van der Waals surface area contributed by atoms with Gasteiger partial charge in [0, 0.05) is 40.8 Å². The molecule has 0 bridgehead atoms. The summed E-state index contributed by atoms with van der Waals surface area (Å²) in [5.74, 6) is 1.88. The average Bonchev–Trinajstić information content (AvgIpc) is 3.38. The van der Waals surface area contributed by atoms with E-state index in [0.717, 1.165) is 49.4 Å². The fourth-order valence-electron chi connectivity index (χ4n) is 5.83. The van der Waals surface area contributed by atoms with Gasteiger partial charge in [0.05, 0.1) is 14.2 Å². The van der Waals surface area contributed by atoms with Crippen molar-refractivity contribution in [3.05, 3.63) is 53.1 Å². The molecule has 0 aliphatic carbocycles. The van der Waals surface area contributed by atoms with E-state index in [2.05, 4.69) is 4.90 Å². The minimum atomic E-state index is -0.416. The lowest BCUT2D eigenvalue weighted by molar-refractivity contribution is -0.126. The lowest BCUT2D eigenvalue weighted by Crippen LogP contribution is -2.49. The van der Waals surface area contributed by atoms with Gasteiger partial charge in [-0.25, -0.2) is 0 Å². The van der Waals surface area contributed by atoms with Crippen LogP contribution < -0.4 is 14.4 Å². The molecule has 2 aromatic rings. The van der Waals surface area contributed by atoms with E-state index in [-0.39, 0.29) is 17.9 Å². The Kier molecular flexibility index (Phi) is 4.48. The van der Waals surface area contributed by atoms with Crippen LogP contribution in [0.25, 0.3) is 0 Å². The zero-order chi connectivity index (χ0) is 20.2. The van der Waals surface area contributed by atoms with Crippen molar-refractivity contribution in [3.8, 4) is 11.5 Å². The van der Waals surface area contributed by atoms with Crippen molar-refractivity contribution in [2.75, 3.05) is 32.2 Å². The van der Waals surface area contributed by atoms with Gasteiger partial charge in [0.25, 0.3) is 0 Å². The number of methoxy groups -OCH3 is 2. The molecule has 0 N–H and O–H groups in total. The molecule has 3 heterocycles. The fourth-order valence-corrected chi connectivity index (χ4v) is 6.04. The SMILES string of the molecule is COc1cc(Cl)cc([C@@H]2C[C@H]3CN(c4ccccc4)C(=O)[C@]34CCCN24)c1OC. The van der Waals surface area contributed by atoms with Gasteiger partial charge in [0.2, 0.25) is 5.91 Å². The molecule has 0 aromatic heterocycles. The Hall–Kier alpha value is -2.24. The van der Waals surface area contributed by atoms with Gasteiger partial charge in [-0.15, -0.1) is 0 Å². The Morgan fingerprint density at radius 3 is 2.66 bits per heavy atom. The number of carbonyl (C=O) groups excluding carboxylic acids is 1. The molecule has 5 nitrogen and oxygen atoms in total. The summed E-state index contributed by atoms with van der Waals surface area (Å²) in [5.41, 5.74) is 1.60. The number of para-hydroxylation sites is 1. The Bertz CT molecular complexity index is 951. The second-order valence-electron chi connectivity index (χ2n) is 8.15. The molecule has 3 aliphatic heterocycles. The lowest BCUT2D eigenvalue weighted by Gasteiger charge is -2.34. The Balaban J connectivity index is 1.55. The van der Waals surface area contributed by atoms with Crippen LogP contribution in [0.1, 0.15) is 30.9 Å². The Labute approximate surface area is 176 Å². The minimum absolute atomic E-state index is 0.104. The molecule has 0 saturated carbocycles. The van der Waals surface area contributed by atoms with Gasteiger partial charge in [0.15, 0.2) is 11.5 Å². The van der Waals surface area contributed by atoms with E-state index >= 15 is 0 Å². The second-order valence-corrected chi connectivity index (χ2v) is 8.59. The van der Waals surface area contributed by atoms with Crippen LogP contribution >= 0.6 is 11.6 Å². The van der Waals surface area contributed by atoms with Gasteiger partial charge < -0.3 is 14.4 Å². The van der Waals surface area contributed by atoms with Crippen LogP contribution in [0.5, 0.6) is 11.5 Å². The predicted octanol–water partition coefficient (Wildman–Crippen LogP) is 4.30. The topological polar surface area (TPSA) is 42.0 Å². The Morgan fingerprint density at radius 1 is 1.14 bits per heavy atom. The van der Waals surface area contributed by atoms with E-state index < -0.39 is 5.54 Å². The lowest BCUT2D eigenvalue weighted by atomic mass is 9.85. The zero-order valence-corrected chi connectivity index (χ0v) is 17.5. The summed E-state index contributed by atoms with van der Waals surface area (Å²) >= 11 is 6.40. The predicted molar refractivity (Wildman–Crippen MR) is 113 cm³/mol. The van der Waals surface area contributed by atoms with Crippen molar-refractivity contribution in [3.63, 3.8) is 0 Å². The highest BCUT2D eigenvalue weighted by Gasteiger charge is 2.65. The first-order valence-electron chi connectivity index (χ1n) is 10.2. The minimum Gasteiger partial charge on any atom is -0.493 e. The monoisotopic (exact) mass is 412 g/mol. The number of carbonyl (C=O) groups is 1. The van der Waals surface area contributed by atoms with Gasteiger partial charge in [-0.2, -0.15) is 0 Å². The second kappa shape index (κ2) is 6.92. The third-order valence-electron chi connectivity index (χ3n) is 6.95. The normalized spacial score (nSPS) is 28.5. The molecular formula is C23H25ClN2O3.